The summed E-state index contributed by atoms with van der Waals surface area (Å²) in [7, 11) is -3.72. The molecular formula is C12H16NO5S-. The Hall–Kier alpha value is -1.76. The minimum absolute atomic E-state index is 0.252. The highest BCUT2D eigenvalue weighted by molar-refractivity contribution is 7.92. The minimum atomic E-state index is -3.72. The first-order chi connectivity index (χ1) is 8.77. The number of nitrogens with zero attached hydrogens (tertiary/aromatic N) is 1. The highest BCUT2D eigenvalue weighted by Gasteiger charge is 2.24. The Bertz CT molecular complexity index is 538. The van der Waals surface area contributed by atoms with Crippen molar-refractivity contribution in [2.24, 2.45) is 0 Å². The van der Waals surface area contributed by atoms with E-state index in [0.29, 0.717) is 12.4 Å². The quantitative estimate of drug-likeness (QED) is 0.734. The molecule has 0 aliphatic rings. The lowest BCUT2D eigenvalue weighted by atomic mass is 10.2. The average molecular weight is 286 g/mol. The number of hydrogen-bond acceptors (Lipinski definition) is 5. The summed E-state index contributed by atoms with van der Waals surface area (Å²) < 4.78 is 29.4. The second kappa shape index (κ2) is 5.92. The summed E-state index contributed by atoms with van der Waals surface area (Å²) in [5.41, 5.74) is 0.252. The Morgan fingerprint density at radius 1 is 1.37 bits per heavy atom. The summed E-state index contributed by atoms with van der Waals surface area (Å²) in [6.07, 6.45) is 0.947. The van der Waals surface area contributed by atoms with Crippen molar-refractivity contribution >= 4 is 21.7 Å². The van der Waals surface area contributed by atoms with Gasteiger partial charge in [-0.25, -0.2) is 8.42 Å². The normalized spacial score (nSPS) is 12.8. The van der Waals surface area contributed by atoms with Crippen LogP contribution in [0.2, 0.25) is 0 Å². The van der Waals surface area contributed by atoms with Crippen LogP contribution in [-0.2, 0) is 14.8 Å². The molecule has 0 saturated heterocycles. The summed E-state index contributed by atoms with van der Waals surface area (Å²) in [4.78, 5) is 10.9. The SMILES string of the molecule is CCOc1ccc(N([C@H](C)C(=O)[O-])S(C)(=O)=O)cc1. The van der Waals surface area contributed by atoms with E-state index in [4.69, 9.17) is 4.74 Å². The summed E-state index contributed by atoms with van der Waals surface area (Å²) in [5.74, 6) is -0.875. The molecule has 1 aromatic carbocycles. The fraction of sp³-hybridized carbons (Fsp3) is 0.417. The lowest BCUT2D eigenvalue weighted by Crippen LogP contribution is -2.48. The molecule has 0 spiro atoms. The van der Waals surface area contributed by atoms with Crippen LogP contribution in [0, 0.1) is 0 Å². The molecule has 1 rings (SSSR count). The molecule has 1 aromatic rings. The number of benzene rings is 1. The molecule has 7 heteroatoms. The molecule has 0 amide bonds. The second-order valence-electron chi connectivity index (χ2n) is 3.98. The number of carboxylic acid groups (broad SMARTS) is 1. The molecule has 0 aromatic heterocycles. The van der Waals surface area contributed by atoms with Gasteiger partial charge in [-0.1, -0.05) is 0 Å². The summed E-state index contributed by atoms with van der Waals surface area (Å²) >= 11 is 0. The number of sulfonamides is 1. The van der Waals surface area contributed by atoms with Gasteiger partial charge in [0.1, 0.15) is 5.75 Å². The maximum atomic E-state index is 11.7. The van der Waals surface area contributed by atoms with Crippen LogP contribution in [0.5, 0.6) is 5.75 Å². The second-order valence-corrected chi connectivity index (χ2v) is 5.84. The molecule has 1 atom stereocenters. The molecule has 106 valence electrons. The number of carboxylic acids is 1. The first-order valence-corrected chi connectivity index (χ1v) is 7.55. The molecule has 0 heterocycles. The molecule has 0 bridgehead atoms. The van der Waals surface area contributed by atoms with Crippen LogP contribution in [0.25, 0.3) is 0 Å². The van der Waals surface area contributed by atoms with Crippen molar-refractivity contribution in [1.82, 2.24) is 0 Å². The number of carbonyl (C=O) groups is 1. The van der Waals surface area contributed by atoms with Crippen LogP contribution in [0.3, 0.4) is 0 Å². The summed E-state index contributed by atoms with van der Waals surface area (Å²) in [6, 6.07) is 4.86. The largest absolute Gasteiger partial charge is 0.548 e. The van der Waals surface area contributed by atoms with Gasteiger partial charge in [0.05, 0.1) is 30.6 Å². The number of hydrogen-bond donors (Lipinski definition) is 0. The van der Waals surface area contributed by atoms with Crippen LogP contribution in [0.4, 0.5) is 5.69 Å². The van der Waals surface area contributed by atoms with Gasteiger partial charge in [-0.2, -0.15) is 0 Å². The number of anilines is 1. The van der Waals surface area contributed by atoms with Crippen LogP contribution >= 0.6 is 0 Å². The van der Waals surface area contributed by atoms with Crippen molar-refractivity contribution in [3.63, 3.8) is 0 Å². The van der Waals surface area contributed by atoms with Gasteiger partial charge in [-0.3, -0.25) is 4.31 Å². The van der Waals surface area contributed by atoms with Crippen molar-refractivity contribution < 1.29 is 23.1 Å². The molecule has 0 unspecified atom stereocenters. The van der Waals surface area contributed by atoms with Crippen LogP contribution in [-0.4, -0.2) is 33.3 Å². The van der Waals surface area contributed by atoms with Gasteiger partial charge in [-0.15, -0.1) is 0 Å². The first-order valence-electron chi connectivity index (χ1n) is 5.70. The van der Waals surface area contributed by atoms with Crippen LogP contribution in [0.1, 0.15) is 13.8 Å². The van der Waals surface area contributed by atoms with Gasteiger partial charge in [0, 0.05) is 0 Å². The third kappa shape index (κ3) is 3.85. The van der Waals surface area contributed by atoms with Crippen molar-refractivity contribution in [3.8, 4) is 5.75 Å². The Morgan fingerprint density at radius 3 is 2.26 bits per heavy atom. The highest BCUT2D eigenvalue weighted by atomic mass is 32.2. The highest BCUT2D eigenvalue weighted by Crippen LogP contribution is 2.23. The van der Waals surface area contributed by atoms with E-state index in [9.17, 15) is 18.3 Å². The fourth-order valence-electron chi connectivity index (χ4n) is 1.65. The number of carbonyl (C=O) groups excluding carboxylic acids is 1. The minimum Gasteiger partial charge on any atom is -0.548 e. The van der Waals surface area contributed by atoms with Crippen molar-refractivity contribution in [2.45, 2.75) is 19.9 Å². The van der Waals surface area contributed by atoms with Crippen LogP contribution in [0.15, 0.2) is 24.3 Å². The number of aliphatic carboxylic acids is 1. The van der Waals surface area contributed by atoms with Gasteiger partial charge in [-0.05, 0) is 38.1 Å². The lowest BCUT2D eigenvalue weighted by Gasteiger charge is -2.29. The van der Waals surface area contributed by atoms with E-state index >= 15 is 0 Å². The van der Waals surface area contributed by atoms with Gasteiger partial charge < -0.3 is 14.6 Å². The molecule has 0 aliphatic carbocycles. The Balaban J connectivity index is 3.15. The first kappa shape index (κ1) is 15.3. The van der Waals surface area contributed by atoms with E-state index in [1.807, 2.05) is 6.92 Å². The third-order valence-electron chi connectivity index (χ3n) is 2.45. The average Bonchev–Trinajstić information content (AvgIpc) is 2.30. The molecule has 0 radical (unpaired) electrons. The smallest absolute Gasteiger partial charge is 0.232 e. The Labute approximate surface area is 112 Å². The Morgan fingerprint density at radius 2 is 1.89 bits per heavy atom. The zero-order valence-corrected chi connectivity index (χ0v) is 11.8. The molecule has 19 heavy (non-hydrogen) atoms. The molecule has 6 nitrogen and oxygen atoms in total. The van der Waals surface area contributed by atoms with Crippen molar-refractivity contribution in [2.75, 3.05) is 17.2 Å². The van der Waals surface area contributed by atoms with E-state index in [0.717, 1.165) is 10.6 Å². The van der Waals surface area contributed by atoms with Crippen LogP contribution < -0.4 is 14.1 Å². The lowest BCUT2D eigenvalue weighted by molar-refractivity contribution is -0.306. The standard InChI is InChI=1S/C12H17NO5S/c1-4-18-11-7-5-10(6-8-11)13(19(3,16)17)9(2)12(14)15/h5-9H,4H2,1-3H3,(H,14,15)/p-1/t9-/m1/s1. The van der Waals surface area contributed by atoms with Gasteiger partial charge in [0.15, 0.2) is 0 Å². The van der Waals surface area contributed by atoms with E-state index in [-0.39, 0.29) is 5.69 Å². The van der Waals surface area contributed by atoms with Gasteiger partial charge in [0.2, 0.25) is 10.0 Å². The molecule has 0 fully saturated rings. The van der Waals surface area contributed by atoms with E-state index in [1.54, 1.807) is 12.1 Å². The molecule has 0 aliphatic heterocycles. The fourth-order valence-corrected chi connectivity index (χ4v) is 2.82. The van der Waals surface area contributed by atoms with Crippen molar-refractivity contribution in [3.05, 3.63) is 24.3 Å². The van der Waals surface area contributed by atoms with E-state index < -0.39 is 22.0 Å². The summed E-state index contributed by atoms with van der Waals surface area (Å²) in [5, 5.41) is 10.9. The van der Waals surface area contributed by atoms with Crippen molar-refractivity contribution in [1.29, 1.82) is 0 Å². The van der Waals surface area contributed by atoms with E-state index in [1.165, 1.54) is 19.1 Å². The molecular weight excluding hydrogens is 270 g/mol. The maximum absolute atomic E-state index is 11.7. The molecule has 0 saturated carbocycles. The molecule has 0 N–H and O–H groups in total. The summed E-state index contributed by atoms with van der Waals surface area (Å²) in [6.45, 7) is 3.58. The number of rotatable bonds is 6. The predicted octanol–water partition coefficient (Wildman–Crippen LogP) is -0.0103. The Kier molecular flexibility index (Phi) is 4.77. The monoisotopic (exact) mass is 286 g/mol. The third-order valence-corrected chi connectivity index (χ3v) is 3.69. The van der Waals surface area contributed by atoms with E-state index in [2.05, 4.69) is 0 Å². The zero-order chi connectivity index (χ0) is 14.6. The van der Waals surface area contributed by atoms with Gasteiger partial charge in [0.25, 0.3) is 0 Å². The topological polar surface area (TPSA) is 86.7 Å². The van der Waals surface area contributed by atoms with Gasteiger partial charge >= 0.3 is 0 Å². The predicted molar refractivity (Wildman–Crippen MR) is 69.4 cm³/mol. The number of ether oxygens (including phenoxy) is 1. The zero-order valence-electron chi connectivity index (χ0n) is 11.0. The maximum Gasteiger partial charge on any atom is 0.232 e.